The van der Waals surface area contributed by atoms with E-state index < -0.39 is 21.9 Å². The van der Waals surface area contributed by atoms with E-state index in [2.05, 4.69) is 10.0 Å². The molecule has 1 aliphatic rings. The summed E-state index contributed by atoms with van der Waals surface area (Å²) in [6, 6.07) is 6.39. The molecule has 1 aliphatic carbocycles. The molecule has 0 aromatic heterocycles. The van der Waals surface area contributed by atoms with Crippen LogP contribution in [0.1, 0.15) is 13.3 Å². The quantitative estimate of drug-likeness (QED) is 0.691. The van der Waals surface area contributed by atoms with Crippen molar-refractivity contribution in [2.24, 2.45) is 5.92 Å². The summed E-state index contributed by atoms with van der Waals surface area (Å²) < 4.78 is 26.7. The van der Waals surface area contributed by atoms with E-state index in [4.69, 9.17) is 5.11 Å². The Labute approximate surface area is 123 Å². The lowest BCUT2D eigenvalue weighted by atomic mass is 10.1. The van der Waals surface area contributed by atoms with Gasteiger partial charge in [-0.3, -0.25) is 4.79 Å². The molecule has 3 N–H and O–H groups in total. The first-order valence-electron chi connectivity index (χ1n) is 6.70. The number of nitrogens with one attached hydrogen (secondary N) is 2. The topological polar surface area (TPSA) is 95.5 Å². The predicted octanol–water partition coefficient (Wildman–Crippen LogP) is 1.43. The van der Waals surface area contributed by atoms with Crippen LogP contribution in [0.15, 0.2) is 41.3 Å². The van der Waals surface area contributed by atoms with Crippen molar-refractivity contribution < 1.29 is 18.3 Å². The average molecular weight is 310 g/mol. The van der Waals surface area contributed by atoms with Crippen LogP contribution >= 0.6 is 0 Å². The number of benzene rings is 1. The molecule has 2 atom stereocenters. The standard InChI is InChI=1S/C14H18N2O4S/c1-2-15-21(19,20)13-6-4-3-5-12(13)16-11-8-7-10(9-11)14(17)18/h3-8,10-11,15-16H,2,9H2,1H3,(H,17,18). The minimum atomic E-state index is -3.57. The molecule has 1 aromatic rings. The van der Waals surface area contributed by atoms with E-state index in [9.17, 15) is 13.2 Å². The first-order chi connectivity index (χ1) is 9.94. The van der Waals surface area contributed by atoms with E-state index in [0.717, 1.165) is 0 Å². The van der Waals surface area contributed by atoms with E-state index in [1.54, 1.807) is 37.3 Å². The molecule has 1 aromatic carbocycles. The lowest BCUT2D eigenvalue weighted by Crippen LogP contribution is -2.25. The van der Waals surface area contributed by atoms with Crippen LogP contribution in [0.2, 0.25) is 0 Å². The fraction of sp³-hybridized carbons (Fsp3) is 0.357. The number of carboxylic acids is 1. The van der Waals surface area contributed by atoms with Crippen LogP contribution in [0, 0.1) is 5.92 Å². The fourth-order valence-electron chi connectivity index (χ4n) is 2.28. The van der Waals surface area contributed by atoms with Crippen molar-refractivity contribution >= 4 is 21.7 Å². The first kappa shape index (κ1) is 15.5. The largest absolute Gasteiger partial charge is 0.481 e. The molecule has 2 rings (SSSR count). The monoisotopic (exact) mass is 310 g/mol. The Balaban J connectivity index is 2.19. The summed E-state index contributed by atoms with van der Waals surface area (Å²) in [5.74, 6) is -1.40. The zero-order valence-electron chi connectivity index (χ0n) is 11.6. The normalized spacial score (nSPS) is 21.4. The van der Waals surface area contributed by atoms with E-state index in [1.807, 2.05) is 0 Å². The van der Waals surface area contributed by atoms with Crippen LogP contribution < -0.4 is 10.0 Å². The zero-order valence-corrected chi connectivity index (χ0v) is 12.4. The SMILES string of the molecule is CCNS(=O)(=O)c1ccccc1NC1C=CC(C(=O)O)C1. The molecule has 0 fully saturated rings. The van der Waals surface area contributed by atoms with Crippen LogP contribution in [-0.4, -0.2) is 32.1 Å². The van der Waals surface area contributed by atoms with Gasteiger partial charge in [-0.05, 0) is 18.6 Å². The van der Waals surface area contributed by atoms with Crippen LogP contribution in [-0.2, 0) is 14.8 Å². The lowest BCUT2D eigenvalue weighted by Gasteiger charge is -2.17. The van der Waals surface area contributed by atoms with Crippen molar-refractivity contribution in [3.05, 3.63) is 36.4 Å². The molecular weight excluding hydrogens is 292 g/mol. The Morgan fingerprint density at radius 2 is 2.05 bits per heavy atom. The molecule has 6 nitrogen and oxygen atoms in total. The number of hydrogen-bond acceptors (Lipinski definition) is 4. The van der Waals surface area contributed by atoms with Crippen LogP contribution in [0.5, 0.6) is 0 Å². The van der Waals surface area contributed by atoms with Crippen molar-refractivity contribution in [1.29, 1.82) is 0 Å². The lowest BCUT2D eigenvalue weighted by molar-refractivity contribution is -0.140. The maximum absolute atomic E-state index is 12.1. The van der Waals surface area contributed by atoms with E-state index in [0.29, 0.717) is 18.7 Å². The number of aliphatic carboxylic acids is 1. The third-order valence-corrected chi connectivity index (χ3v) is 4.86. The second-order valence-electron chi connectivity index (χ2n) is 4.81. The Morgan fingerprint density at radius 1 is 1.33 bits per heavy atom. The summed E-state index contributed by atoms with van der Waals surface area (Å²) >= 11 is 0. The summed E-state index contributed by atoms with van der Waals surface area (Å²) in [7, 11) is -3.57. The van der Waals surface area contributed by atoms with Gasteiger partial charge in [0.25, 0.3) is 0 Å². The van der Waals surface area contributed by atoms with Gasteiger partial charge >= 0.3 is 5.97 Å². The Bertz CT molecular complexity index is 655. The molecule has 7 heteroatoms. The molecule has 21 heavy (non-hydrogen) atoms. The number of para-hydroxylation sites is 1. The Hall–Kier alpha value is -1.86. The van der Waals surface area contributed by atoms with Crippen LogP contribution in [0.25, 0.3) is 0 Å². The second-order valence-corrected chi connectivity index (χ2v) is 6.55. The molecule has 0 saturated carbocycles. The highest BCUT2D eigenvalue weighted by atomic mass is 32.2. The average Bonchev–Trinajstić information content (AvgIpc) is 2.88. The van der Waals surface area contributed by atoms with Gasteiger partial charge in [-0.15, -0.1) is 0 Å². The molecule has 0 radical (unpaired) electrons. The van der Waals surface area contributed by atoms with Crippen molar-refractivity contribution in [1.82, 2.24) is 4.72 Å². The molecule has 0 spiro atoms. The van der Waals surface area contributed by atoms with Crippen molar-refractivity contribution in [3.63, 3.8) is 0 Å². The highest BCUT2D eigenvalue weighted by Crippen LogP contribution is 2.26. The number of carboxylic acid groups (broad SMARTS) is 1. The highest BCUT2D eigenvalue weighted by Gasteiger charge is 2.26. The highest BCUT2D eigenvalue weighted by molar-refractivity contribution is 7.89. The summed E-state index contributed by atoms with van der Waals surface area (Å²) in [5.41, 5.74) is 0.471. The number of hydrogen-bond donors (Lipinski definition) is 3. The van der Waals surface area contributed by atoms with Crippen LogP contribution in [0.4, 0.5) is 5.69 Å². The number of sulfonamides is 1. The molecule has 0 bridgehead atoms. The van der Waals surface area contributed by atoms with E-state index >= 15 is 0 Å². The van der Waals surface area contributed by atoms with Gasteiger partial charge in [0, 0.05) is 12.6 Å². The maximum Gasteiger partial charge on any atom is 0.310 e. The molecule has 0 saturated heterocycles. The van der Waals surface area contributed by atoms with Gasteiger partial charge in [0.1, 0.15) is 4.90 Å². The van der Waals surface area contributed by atoms with Gasteiger partial charge in [0.15, 0.2) is 0 Å². The number of anilines is 1. The summed E-state index contributed by atoms with van der Waals surface area (Å²) in [6.45, 7) is 2.02. The van der Waals surface area contributed by atoms with Gasteiger partial charge in [0.05, 0.1) is 11.6 Å². The van der Waals surface area contributed by atoms with Crippen LogP contribution in [0.3, 0.4) is 0 Å². The Morgan fingerprint density at radius 3 is 2.67 bits per heavy atom. The fourth-order valence-corrected chi connectivity index (χ4v) is 3.49. The van der Waals surface area contributed by atoms with Gasteiger partial charge in [0.2, 0.25) is 10.0 Å². The molecule has 2 unspecified atom stereocenters. The summed E-state index contributed by atoms with van der Waals surface area (Å²) in [4.78, 5) is 11.1. The third kappa shape index (κ3) is 3.62. The summed E-state index contributed by atoms with van der Waals surface area (Å²) in [5, 5.41) is 12.1. The van der Waals surface area contributed by atoms with Gasteiger partial charge < -0.3 is 10.4 Å². The minimum Gasteiger partial charge on any atom is -0.481 e. The van der Waals surface area contributed by atoms with E-state index in [-0.39, 0.29) is 10.9 Å². The van der Waals surface area contributed by atoms with E-state index in [1.165, 1.54) is 6.07 Å². The predicted molar refractivity (Wildman–Crippen MR) is 79.6 cm³/mol. The number of carbonyl (C=O) groups is 1. The minimum absolute atomic E-state index is 0.166. The molecule has 114 valence electrons. The molecule has 0 aliphatic heterocycles. The second kappa shape index (κ2) is 6.28. The smallest absolute Gasteiger partial charge is 0.310 e. The molecule has 0 amide bonds. The molecular formula is C14H18N2O4S. The molecule has 0 heterocycles. The van der Waals surface area contributed by atoms with Crippen molar-refractivity contribution in [3.8, 4) is 0 Å². The van der Waals surface area contributed by atoms with Gasteiger partial charge in [-0.2, -0.15) is 0 Å². The van der Waals surface area contributed by atoms with Crippen molar-refractivity contribution in [2.75, 3.05) is 11.9 Å². The van der Waals surface area contributed by atoms with Crippen molar-refractivity contribution in [2.45, 2.75) is 24.3 Å². The maximum atomic E-state index is 12.1. The van der Waals surface area contributed by atoms with Gasteiger partial charge in [-0.1, -0.05) is 31.2 Å². The first-order valence-corrected chi connectivity index (χ1v) is 8.18. The van der Waals surface area contributed by atoms with Gasteiger partial charge in [-0.25, -0.2) is 13.1 Å². The number of rotatable bonds is 6. The third-order valence-electron chi connectivity index (χ3n) is 3.25. The summed E-state index contributed by atoms with van der Waals surface area (Å²) in [6.07, 6.45) is 3.79. The Kier molecular flexibility index (Phi) is 4.64. The zero-order chi connectivity index (χ0) is 15.5.